The molecule has 18 heavy (non-hydrogen) atoms. The fourth-order valence-electron chi connectivity index (χ4n) is 2.03. The first-order valence-electron chi connectivity index (χ1n) is 6.05. The van der Waals surface area contributed by atoms with E-state index in [0.717, 1.165) is 17.8 Å². The van der Waals surface area contributed by atoms with Crippen molar-refractivity contribution in [3.8, 4) is 0 Å². The highest BCUT2D eigenvalue weighted by Crippen LogP contribution is 2.21. The summed E-state index contributed by atoms with van der Waals surface area (Å²) in [5.74, 6) is -0.158. The van der Waals surface area contributed by atoms with E-state index in [-0.39, 0.29) is 11.9 Å². The molecule has 1 N–H and O–H groups in total. The van der Waals surface area contributed by atoms with Gasteiger partial charge in [-0.05, 0) is 38.1 Å². The van der Waals surface area contributed by atoms with Gasteiger partial charge in [-0.2, -0.15) is 0 Å². The number of hydrogen-bond acceptors (Lipinski definition) is 2. The first-order valence-corrected chi connectivity index (χ1v) is 6.05. The molecule has 2 aromatic rings. The van der Waals surface area contributed by atoms with Crippen molar-refractivity contribution in [2.45, 2.75) is 26.4 Å². The summed E-state index contributed by atoms with van der Waals surface area (Å²) >= 11 is 0. The smallest absolute Gasteiger partial charge is 0.126 e. The Hall–Kier alpha value is -1.68. The number of halogens is 1. The molecule has 0 spiro atoms. The van der Waals surface area contributed by atoms with Crippen molar-refractivity contribution in [2.75, 3.05) is 7.05 Å². The average molecular weight is 247 g/mol. The molecule has 1 heterocycles. The van der Waals surface area contributed by atoms with Crippen molar-refractivity contribution in [1.29, 1.82) is 0 Å². The summed E-state index contributed by atoms with van der Waals surface area (Å²) in [4.78, 5) is 4.16. The second kappa shape index (κ2) is 5.31. The normalized spacial score (nSPS) is 12.7. The molecule has 1 aromatic heterocycles. The van der Waals surface area contributed by atoms with Gasteiger partial charge >= 0.3 is 0 Å². The van der Waals surface area contributed by atoms with Crippen LogP contribution in [0.15, 0.2) is 30.7 Å². The Morgan fingerprint density at radius 2 is 2.22 bits per heavy atom. The number of aromatic nitrogens is 2. The molecule has 0 saturated carbocycles. The number of aryl methyl sites for hydroxylation is 1. The van der Waals surface area contributed by atoms with Gasteiger partial charge in [0.05, 0.1) is 18.1 Å². The topological polar surface area (TPSA) is 29.9 Å². The van der Waals surface area contributed by atoms with Crippen LogP contribution < -0.4 is 5.32 Å². The van der Waals surface area contributed by atoms with Crippen LogP contribution in [-0.2, 0) is 6.54 Å². The Kier molecular flexibility index (Phi) is 3.77. The Morgan fingerprint density at radius 1 is 1.44 bits per heavy atom. The van der Waals surface area contributed by atoms with Gasteiger partial charge in [0.1, 0.15) is 5.82 Å². The lowest BCUT2D eigenvalue weighted by molar-refractivity contribution is 0.578. The van der Waals surface area contributed by atoms with Gasteiger partial charge in [0, 0.05) is 12.7 Å². The van der Waals surface area contributed by atoms with E-state index in [0.29, 0.717) is 5.56 Å². The van der Waals surface area contributed by atoms with Crippen LogP contribution in [0.25, 0.3) is 0 Å². The average Bonchev–Trinajstić information content (AvgIpc) is 2.80. The predicted octanol–water partition coefficient (Wildman–Crippen LogP) is 2.66. The van der Waals surface area contributed by atoms with Crippen LogP contribution in [-0.4, -0.2) is 16.6 Å². The molecule has 1 aromatic carbocycles. The summed E-state index contributed by atoms with van der Waals surface area (Å²) in [5, 5.41) is 3.10. The fourth-order valence-corrected chi connectivity index (χ4v) is 2.03. The molecule has 1 unspecified atom stereocenters. The van der Waals surface area contributed by atoms with E-state index in [9.17, 15) is 4.39 Å². The third-order valence-electron chi connectivity index (χ3n) is 3.20. The SMILES string of the molecule is CNCc1cncn1C(C)c1ccc(C)c(F)c1. The molecule has 0 fully saturated rings. The van der Waals surface area contributed by atoms with Crippen LogP contribution in [0.1, 0.15) is 29.8 Å². The lowest BCUT2D eigenvalue weighted by Crippen LogP contribution is -2.14. The molecule has 0 aliphatic heterocycles. The number of rotatable bonds is 4. The minimum absolute atomic E-state index is 0.0750. The maximum absolute atomic E-state index is 13.6. The van der Waals surface area contributed by atoms with E-state index in [1.54, 1.807) is 19.3 Å². The summed E-state index contributed by atoms with van der Waals surface area (Å²) in [5.41, 5.74) is 2.71. The Labute approximate surface area is 107 Å². The number of benzene rings is 1. The molecule has 0 saturated heterocycles. The van der Waals surface area contributed by atoms with Gasteiger partial charge in [0.25, 0.3) is 0 Å². The van der Waals surface area contributed by atoms with Crippen LogP contribution in [0.4, 0.5) is 4.39 Å². The zero-order chi connectivity index (χ0) is 13.1. The van der Waals surface area contributed by atoms with E-state index in [1.807, 2.05) is 32.3 Å². The second-order valence-electron chi connectivity index (χ2n) is 4.51. The van der Waals surface area contributed by atoms with Gasteiger partial charge in [-0.15, -0.1) is 0 Å². The van der Waals surface area contributed by atoms with E-state index >= 15 is 0 Å². The first-order chi connectivity index (χ1) is 8.63. The molecular formula is C14H18FN3. The van der Waals surface area contributed by atoms with Gasteiger partial charge in [-0.1, -0.05) is 12.1 Å². The van der Waals surface area contributed by atoms with Gasteiger partial charge in [-0.25, -0.2) is 9.37 Å². The van der Waals surface area contributed by atoms with Crippen LogP contribution in [0.3, 0.4) is 0 Å². The highest BCUT2D eigenvalue weighted by atomic mass is 19.1. The lowest BCUT2D eigenvalue weighted by atomic mass is 10.1. The summed E-state index contributed by atoms with van der Waals surface area (Å²) < 4.78 is 15.6. The fraction of sp³-hybridized carbons (Fsp3) is 0.357. The van der Waals surface area contributed by atoms with Crippen molar-refractivity contribution >= 4 is 0 Å². The highest BCUT2D eigenvalue weighted by molar-refractivity contribution is 5.26. The van der Waals surface area contributed by atoms with Crippen LogP contribution in [0, 0.1) is 12.7 Å². The highest BCUT2D eigenvalue weighted by Gasteiger charge is 2.12. The predicted molar refractivity (Wildman–Crippen MR) is 69.9 cm³/mol. The minimum atomic E-state index is -0.158. The molecule has 4 heteroatoms. The Balaban J connectivity index is 2.32. The standard InChI is InChI=1S/C14H18FN3/c1-10-4-5-12(6-14(10)15)11(2)18-9-17-8-13(18)7-16-3/h4-6,8-9,11,16H,7H2,1-3H3. The molecule has 0 amide bonds. The maximum Gasteiger partial charge on any atom is 0.126 e. The number of hydrogen-bond donors (Lipinski definition) is 1. The van der Waals surface area contributed by atoms with Gasteiger partial charge in [0.2, 0.25) is 0 Å². The van der Waals surface area contributed by atoms with Crippen molar-refractivity contribution < 1.29 is 4.39 Å². The van der Waals surface area contributed by atoms with Gasteiger partial charge in [0.15, 0.2) is 0 Å². The van der Waals surface area contributed by atoms with Crippen LogP contribution >= 0.6 is 0 Å². The van der Waals surface area contributed by atoms with Crippen LogP contribution in [0.2, 0.25) is 0 Å². The van der Waals surface area contributed by atoms with E-state index in [1.165, 1.54) is 0 Å². The largest absolute Gasteiger partial charge is 0.326 e. The summed E-state index contributed by atoms with van der Waals surface area (Å²) in [6.45, 7) is 4.57. The molecule has 3 nitrogen and oxygen atoms in total. The third kappa shape index (κ3) is 2.43. The molecule has 0 bridgehead atoms. The minimum Gasteiger partial charge on any atom is -0.326 e. The van der Waals surface area contributed by atoms with Crippen molar-refractivity contribution in [2.24, 2.45) is 0 Å². The summed E-state index contributed by atoms with van der Waals surface area (Å²) in [6, 6.07) is 5.46. The lowest BCUT2D eigenvalue weighted by Gasteiger charge is -2.17. The Bertz CT molecular complexity index is 534. The summed E-state index contributed by atoms with van der Waals surface area (Å²) in [6.07, 6.45) is 3.62. The van der Waals surface area contributed by atoms with Crippen LogP contribution in [0.5, 0.6) is 0 Å². The molecule has 0 radical (unpaired) electrons. The van der Waals surface area contributed by atoms with E-state index in [4.69, 9.17) is 0 Å². The van der Waals surface area contributed by atoms with E-state index < -0.39 is 0 Å². The van der Waals surface area contributed by atoms with Gasteiger partial charge in [-0.3, -0.25) is 0 Å². The maximum atomic E-state index is 13.6. The zero-order valence-electron chi connectivity index (χ0n) is 10.9. The molecule has 0 aliphatic carbocycles. The monoisotopic (exact) mass is 247 g/mol. The summed E-state index contributed by atoms with van der Waals surface area (Å²) in [7, 11) is 1.90. The molecular weight excluding hydrogens is 229 g/mol. The molecule has 1 atom stereocenters. The number of imidazole rings is 1. The van der Waals surface area contributed by atoms with Crippen molar-refractivity contribution in [3.05, 3.63) is 53.4 Å². The zero-order valence-corrected chi connectivity index (χ0v) is 10.9. The molecule has 0 aliphatic rings. The molecule has 2 rings (SSSR count). The quantitative estimate of drug-likeness (QED) is 0.900. The van der Waals surface area contributed by atoms with Crippen molar-refractivity contribution in [1.82, 2.24) is 14.9 Å². The van der Waals surface area contributed by atoms with Gasteiger partial charge < -0.3 is 9.88 Å². The third-order valence-corrected chi connectivity index (χ3v) is 3.20. The molecule has 96 valence electrons. The van der Waals surface area contributed by atoms with Crippen molar-refractivity contribution in [3.63, 3.8) is 0 Å². The number of nitrogens with one attached hydrogen (secondary N) is 1. The first kappa shape index (κ1) is 12.8. The second-order valence-corrected chi connectivity index (χ2v) is 4.51. The van der Waals surface area contributed by atoms with E-state index in [2.05, 4.69) is 14.9 Å². The number of nitrogens with zero attached hydrogens (tertiary/aromatic N) is 2. The Morgan fingerprint density at radius 3 is 2.89 bits per heavy atom.